The molecule has 2 nitrogen and oxygen atoms in total. The lowest BCUT2D eigenvalue weighted by Gasteiger charge is -2.20. The van der Waals surface area contributed by atoms with Crippen molar-refractivity contribution in [2.75, 3.05) is 0 Å². The van der Waals surface area contributed by atoms with Crippen LogP contribution in [-0.4, -0.2) is 5.84 Å². The summed E-state index contributed by atoms with van der Waals surface area (Å²) in [5.41, 5.74) is 7.47. The molecule has 0 aromatic heterocycles. The average Bonchev–Trinajstić information content (AvgIpc) is 3.09. The molecular formula is C24H24N2. The Labute approximate surface area is 155 Å². The van der Waals surface area contributed by atoms with E-state index in [0.717, 1.165) is 11.4 Å². The van der Waals surface area contributed by atoms with Crippen LogP contribution in [0.2, 0.25) is 0 Å². The number of benzene rings is 3. The lowest BCUT2D eigenvalue weighted by molar-refractivity contribution is 0.572. The Kier molecular flexibility index (Phi) is 4.34. The zero-order chi connectivity index (χ0) is 18.1. The van der Waals surface area contributed by atoms with Crippen LogP contribution >= 0.6 is 0 Å². The Morgan fingerprint density at radius 1 is 0.615 bits per heavy atom. The number of aryl methyl sites for hydroxylation is 3. The van der Waals surface area contributed by atoms with Gasteiger partial charge >= 0.3 is 0 Å². The molecule has 0 spiro atoms. The van der Waals surface area contributed by atoms with Crippen molar-refractivity contribution in [2.24, 2.45) is 4.99 Å². The van der Waals surface area contributed by atoms with E-state index in [1.165, 1.54) is 27.8 Å². The smallest absolute Gasteiger partial charge is 0.129 e. The van der Waals surface area contributed by atoms with Crippen molar-refractivity contribution in [3.8, 4) is 0 Å². The summed E-state index contributed by atoms with van der Waals surface area (Å²) in [6.07, 6.45) is 0. The molecular weight excluding hydrogens is 316 g/mol. The van der Waals surface area contributed by atoms with Crippen LogP contribution in [0, 0.1) is 20.8 Å². The number of nitrogens with one attached hydrogen (secondary N) is 1. The fraction of sp³-hybridized carbons (Fsp3) is 0.208. The highest BCUT2D eigenvalue weighted by Gasteiger charge is 2.31. The molecule has 0 unspecified atom stereocenters. The molecule has 130 valence electrons. The number of nitrogens with zero attached hydrogens (tertiary/aromatic N) is 1. The van der Waals surface area contributed by atoms with E-state index >= 15 is 0 Å². The van der Waals surface area contributed by atoms with Gasteiger partial charge in [0.25, 0.3) is 0 Å². The average molecular weight is 340 g/mol. The third-order valence-electron chi connectivity index (χ3n) is 5.06. The summed E-state index contributed by atoms with van der Waals surface area (Å²) < 4.78 is 0. The summed E-state index contributed by atoms with van der Waals surface area (Å²) in [7, 11) is 0. The largest absolute Gasteiger partial charge is 0.361 e. The molecule has 0 saturated heterocycles. The maximum absolute atomic E-state index is 5.07. The summed E-state index contributed by atoms with van der Waals surface area (Å²) >= 11 is 0. The Morgan fingerprint density at radius 2 is 1.08 bits per heavy atom. The van der Waals surface area contributed by atoms with Crippen LogP contribution in [0.25, 0.3) is 0 Å². The molecule has 2 atom stereocenters. The van der Waals surface area contributed by atoms with Gasteiger partial charge in [0.15, 0.2) is 0 Å². The number of hydrogen-bond acceptors (Lipinski definition) is 2. The molecule has 0 aliphatic carbocycles. The van der Waals surface area contributed by atoms with Crippen LogP contribution in [0.3, 0.4) is 0 Å². The molecule has 3 aromatic carbocycles. The monoisotopic (exact) mass is 340 g/mol. The summed E-state index contributed by atoms with van der Waals surface area (Å²) in [6, 6.07) is 26.3. The van der Waals surface area contributed by atoms with Crippen molar-refractivity contribution in [3.63, 3.8) is 0 Å². The third kappa shape index (κ3) is 3.28. The van der Waals surface area contributed by atoms with E-state index in [4.69, 9.17) is 4.99 Å². The number of hydrogen-bond donors (Lipinski definition) is 1. The fourth-order valence-corrected chi connectivity index (χ4v) is 3.42. The highest BCUT2D eigenvalue weighted by atomic mass is 15.1. The van der Waals surface area contributed by atoms with Gasteiger partial charge in [-0.1, -0.05) is 89.5 Å². The topological polar surface area (TPSA) is 24.4 Å². The zero-order valence-electron chi connectivity index (χ0n) is 15.5. The number of amidine groups is 1. The van der Waals surface area contributed by atoms with E-state index in [-0.39, 0.29) is 12.1 Å². The van der Waals surface area contributed by atoms with Gasteiger partial charge in [-0.3, -0.25) is 4.99 Å². The molecule has 0 saturated carbocycles. The number of rotatable bonds is 3. The molecule has 2 heteroatoms. The van der Waals surface area contributed by atoms with Crippen LogP contribution in [-0.2, 0) is 0 Å². The molecule has 0 radical (unpaired) electrons. The van der Waals surface area contributed by atoms with Crippen molar-refractivity contribution in [3.05, 3.63) is 106 Å². The first-order chi connectivity index (χ1) is 12.6. The maximum Gasteiger partial charge on any atom is 0.129 e. The Hall–Kier alpha value is -2.87. The minimum absolute atomic E-state index is 0.0783. The van der Waals surface area contributed by atoms with Crippen molar-refractivity contribution < 1.29 is 0 Å². The Bertz CT molecular complexity index is 919. The van der Waals surface area contributed by atoms with Crippen molar-refractivity contribution in [2.45, 2.75) is 32.9 Å². The standard InChI is InChI=1S/C24H24N2/c1-16-4-10-19(11-5-16)22-23(20-12-6-17(2)7-13-20)26-24(25-22)21-14-8-18(3)9-15-21/h4-15,22-23H,1-3H3,(H,25,26)/t22-,23+. The van der Waals surface area contributed by atoms with Gasteiger partial charge in [0.05, 0.1) is 6.04 Å². The SMILES string of the molecule is Cc1ccc(C2=N[C@H](c3ccc(C)cc3)[C@H](c3ccc(C)cc3)N2)cc1. The minimum Gasteiger partial charge on any atom is -0.361 e. The molecule has 26 heavy (non-hydrogen) atoms. The van der Waals surface area contributed by atoms with Gasteiger partial charge in [-0.2, -0.15) is 0 Å². The Balaban J connectivity index is 1.74. The second-order valence-corrected chi connectivity index (χ2v) is 7.23. The van der Waals surface area contributed by atoms with E-state index < -0.39 is 0 Å². The van der Waals surface area contributed by atoms with Gasteiger partial charge in [-0.05, 0) is 31.9 Å². The second kappa shape index (κ2) is 6.80. The summed E-state index contributed by atoms with van der Waals surface area (Å²) in [4.78, 5) is 5.07. The first-order valence-electron chi connectivity index (χ1n) is 9.15. The molecule has 4 rings (SSSR count). The molecule has 0 amide bonds. The molecule has 3 aromatic rings. The predicted octanol–water partition coefficient (Wildman–Crippen LogP) is 5.44. The highest BCUT2D eigenvalue weighted by molar-refractivity contribution is 6.00. The summed E-state index contributed by atoms with van der Waals surface area (Å²) in [5.74, 6) is 0.973. The molecule has 0 bridgehead atoms. The van der Waals surface area contributed by atoms with Crippen LogP contribution < -0.4 is 5.32 Å². The highest BCUT2D eigenvalue weighted by Crippen LogP contribution is 2.37. The van der Waals surface area contributed by atoms with Gasteiger partial charge in [0.2, 0.25) is 0 Å². The first-order valence-corrected chi connectivity index (χ1v) is 9.15. The summed E-state index contributed by atoms with van der Waals surface area (Å²) in [5, 5.41) is 3.68. The second-order valence-electron chi connectivity index (χ2n) is 7.23. The van der Waals surface area contributed by atoms with Crippen LogP contribution in [0.4, 0.5) is 0 Å². The number of aliphatic imine (C=N–C) groups is 1. The fourth-order valence-electron chi connectivity index (χ4n) is 3.42. The lowest BCUT2D eigenvalue weighted by Crippen LogP contribution is -2.25. The normalized spacial score (nSPS) is 19.1. The lowest BCUT2D eigenvalue weighted by atomic mass is 9.94. The Morgan fingerprint density at radius 3 is 1.62 bits per heavy atom. The molecule has 1 N–H and O–H groups in total. The first kappa shape index (κ1) is 16.6. The third-order valence-corrected chi connectivity index (χ3v) is 5.06. The van der Waals surface area contributed by atoms with Gasteiger partial charge in [0.1, 0.15) is 11.9 Å². The molecule has 1 heterocycles. The van der Waals surface area contributed by atoms with E-state index in [0.29, 0.717) is 0 Å². The van der Waals surface area contributed by atoms with Gasteiger partial charge < -0.3 is 5.32 Å². The van der Waals surface area contributed by atoms with E-state index in [1.807, 2.05) is 0 Å². The summed E-state index contributed by atoms with van der Waals surface area (Å²) in [6.45, 7) is 6.35. The van der Waals surface area contributed by atoms with Crippen LogP contribution in [0.1, 0.15) is 45.5 Å². The molecule has 1 aliphatic rings. The maximum atomic E-state index is 5.07. The van der Waals surface area contributed by atoms with E-state index in [1.54, 1.807) is 0 Å². The zero-order valence-corrected chi connectivity index (χ0v) is 15.5. The predicted molar refractivity (Wildman–Crippen MR) is 109 cm³/mol. The van der Waals surface area contributed by atoms with Gasteiger partial charge in [-0.15, -0.1) is 0 Å². The van der Waals surface area contributed by atoms with E-state index in [9.17, 15) is 0 Å². The quantitative estimate of drug-likeness (QED) is 0.674. The van der Waals surface area contributed by atoms with Crippen LogP contribution in [0.15, 0.2) is 77.8 Å². The molecule has 1 aliphatic heterocycles. The van der Waals surface area contributed by atoms with Gasteiger partial charge in [0, 0.05) is 5.56 Å². The van der Waals surface area contributed by atoms with E-state index in [2.05, 4.69) is 98.9 Å². The van der Waals surface area contributed by atoms with Crippen molar-refractivity contribution in [1.82, 2.24) is 5.32 Å². The molecule has 0 fully saturated rings. The van der Waals surface area contributed by atoms with Gasteiger partial charge in [-0.25, -0.2) is 0 Å². The minimum atomic E-state index is 0.0783. The van der Waals surface area contributed by atoms with Crippen molar-refractivity contribution >= 4 is 5.84 Å². The van der Waals surface area contributed by atoms with Crippen molar-refractivity contribution in [1.29, 1.82) is 0 Å². The van der Waals surface area contributed by atoms with Crippen LogP contribution in [0.5, 0.6) is 0 Å².